The fourth-order valence-corrected chi connectivity index (χ4v) is 4.17. The highest BCUT2D eigenvalue weighted by Gasteiger charge is 2.14. The third-order valence-electron chi connectivity index (χ3n) is 5.42. The number of nitrogens with one attached hydrogen (secondary N) is 1. The van der Waals surface area contributed by atoms with E-state index in [-0.39, 0.29) is 12.2 Å². The normalized spacial score (nSPS) is 11.1. The number of benzene rings is 4. The van der Waals surface area contributed by atoms with Crippen LogP contribution in [0, 0.1) is 11.3 Å². The molecule has 0 saturated heterocycles. The monoisotopic (exact) mass is 516 g/mol. The summed E-state index contributed by atoms with van der Waals surface area (Å²) in [6.07, 6.45) is 1.51. The summed E-state index contributed by atoms with van der Waals surface area (Å²) in [7, 11) is 0. The second-order valence-electron chi connectivity index (χ2n) is 7.78. The van der Waals surface area contributed by atoms with Crippen LogP contribution in [0.15, 0.2) is 84.4 Å². The van der Waals surface area contributed by atoms with Crippen LogP contribution < -0.4 is 14.8 Å². The van der Waals surface area contributed by atoms with Crippen LogP contribution in [0.25, 0.3) is 16.8 Å². The molecule has 4 aromatic rings. The van der Waals surface area contributed by atoms with E-state index in [0.717, 1.165) is 10.8 Å². The lowest BCUT2D eigenvalue weighted by atomic mass is 10.1. The van der Waals surface area contributed by atoms with Gasteiger partial charge in [-0.25, -0.2) is 0 Å². The molecule has 0 fully saturated rings. The Morgan fingerprint density at radius 1 is 0.944 bits per heavy atom. The van der Waals surface area contributed by atoms with Crippen LogP contribution in [0.1, 0.15) is 18.1 Å². The standard InChI is InChI=1S/C29H22Cl2N2O3/c1-2-35-28-16-19(13-14-27(28)36-18-23-24(30)10-6-11-25(23)31)15-21(17-32)29(34)33-26-12-5-8-20-7-3-4-9-22(20)26/h3-16H,2,18H2,1H3,(H,33,34)/b21-15+. The van der Waals surface area contributed by atoms with E-state index in [2.05, 4.69) is 5.32 Å². The van der Waals surface area contributed by atoms with Gasteiger partial charge in [0.05, 0.1) is 6.61 Å². The number of carbonyl (C=O) groups is 1. The molecule has 0 saturated carbocycles. The predicted octanol–water partition coefficient (Wildman–Crippen LogP) is 7.67. The Labute approximate surface area is 219 Å². The number of nitriles is 1. The number of fused-ring (bicyclic) bond motifs is 1. The zero-order valence-electron chi connectivity index (χ0n) is 19.4. The first-order valence-corrected chi connectivity index (χ1v) is 12.0. The summed E-state index contributed by atoms with van der Waals surface area (Å²) in [6, 6.07) is 25.8. The van der Waals surface area contributed by atoms with Gasteiger partial charge < -0.3 is 14.8 Å². The highest BCUT2D eigenvalue weighted by atomic mass is 35.5. The number of anilines is 1. The summed E-state index contributed by atoms with van der Waals surface area (Å²) < 4.78 is 11.7. The van der Waals surface area contributed by atoms with Crippen molar-refractivity contribution in [2.24, 2.45) is 0 Å². The first kappa shape index (κ1) is 25.1. The van der Waals surface area contributed by atoms with Gasteiger partial charge in [-0.05, 0) is 54.3 Å². The van der Waals surface area contributed by atoms with E-state index in [9.17, 15) is 10.1 Å². The van der Waals surface area contributed by atoms with Crippen LogP contribution in [0.5, 0.6) is 11.5 Å². The zero-order valence-corrected chi connectivity index (χ0v) is 20.9. The smallest absolute Gasteiger partial charge is 0.266 e. The first-order chi connectivity index (χ1) is 17.5. The third kappa shape index (κ3) is 5.80. The number of hydrogen-bond acceptors (Lipinski definition) is 4. The molecule has 0 aromatic heterocycles. The average molecular weight is 517 g/mol. The van der Waals surface area contributed by atoms with Crippen LogP contribution in [0.2, 0.25) is 10.0 Å². The lowest BCUT2D eigenvalue weighted by Gasteiger charge is -2.14. The summed E-state index contributed by atoms with van der Waals surface area (Å²) in [5.41, 5.74) is 1.88. The van der Waals surface area contributed by atoms with E-state index in [1.807, 2.05) is 49.4 Å². The van der Waals surface area contributed by atoms with Crippen LogP contribution in [0.4, 0.5) is 5.69 Å². The molecule has 36 heavy (non-hydrogen) atoms. The Morgan fingerprint density at radius 3 is 2.42 bits per heavy atom. The van der Waals surface area contributed by atoms with E-state index in [1.54, 1.807) is 42.5 Å². The van der Waals surface area contributed by atoms with Crippen molar-refractivity contribution < 1.29 is 14.3 Å². The molecule has 1 amide bonds. The van der Waals surface area contributed by atoms with Crippen LogP contribution in [-0.2, 0) is 11.4 Å². The van der Waals surface area contributed by atoms with E-state index in [4.69, 9.17) is 32.7 Å². The molecule has 4 aromatic carbocycles. The molecule has 1 N–H and O–H groups in total. The summed E-state index contributed by atoms with van der Waals surface area (Å²) >= 11 is 12.5. The minimum atomic E-state index is -0.500. The second kappa shape index (κ2) is 11.6. The minimum Gasteiger partial charge on any atom is -0.490 e. The van der Waals surface area contributed by atoms with Crippen molar-refractivity contribution in [1.29, 1.82) is 5.26 Å². The number of rotatable bonds is 8. The molecule has 0 atom stereocenters. The van der Waals surface area contributed by atoms with Gasteiger partial charge in [0.1, 0.15) is 18.2 Å². The van der Waals surface area contributed by atoms with Gasteiger partial charge in [-0.2, -0.15) is 5.26 Å². The molecule has 0 bridgehead atoms. The molecule has 4 rings (SSSR count). The first-order valence-electron chi connectivity index (χ1n) is 11.2. The molecule has 5 nitrogen and oxygen atoms in total. The topological polar surface area (TPSA) is 71.3 Å². The molecule has 7 heteroatoms. The van der Waals surface area contributed by atoms with E-state index in [0.29, 0.717) is 45.0 Å². The van der Waals surface area contributed by atoms with Crippen molar-refractivity contribution in [1.82, 2.24) is 0 Å². The molecule has 180 valence electrons. The number of hydrogen-bond donors (Lipinski definition) is 1. The largest absolute Gasteiger partial charge is 0.490 e. The fourth-order valence-electron chi connectivity index (χ4n) is 3.66. The zero-order chi connectivity index (χ0) is 25.5. The number of ether oxygens (including phenoxy) is 2. The van der Waals surface area contributed by atoms with Crippen molar-refractivity contribution in [3.63, 3.8) is 0 Å². The highest BCUT2D eigenvalue weighted by molar-refractivity contribution is 6.35. The van der Waals surface area contributed by atoms with E-state index >= 15 is 0 Å². The number of carbonyl (C=O) groups excluding carboxylic acids is 1. The average Bonchev–Trinajstić information content (AvgIpc) is 2.88. The summed E-state index contributed by atoms with van der Waals surface area (Å²) in [4.78, 5) is 12.9. The molecular formula is C29H22Cl2N2O3. The minimum absolute atomic E-state index is 0.0399. The number of nitrogens with zero attached hydrogens (tertiary/aromatic N) is 1. The van der Waals surface area contributed by atoms with Gasteiger partial charge in [0.25, 0.3) is 5.91 Å². The third-order valence-corrected chi connectivity index (χ3v) is 6.12. The molecule has 0 aliphatic carbocycles. The summed E-state index contributed by atoms with van der Waals surface area (Å²) in [6.45, 7) is 2.42. The molecule has 0 radical (unpaired) electrons. The Kier molecular flexibility index (Phi) is 8.12. The SMILES string of the molecule is CCOc1cc(/C=C(\C#N)C(=O)Nc2cccc3ccccc23)ccc1OCc1c(Cl)cccc1Cl. The lowest BCUT2D eigenvalue weighted by molar-refractivity contribution is -0.112. The number of halogens is 2. The maximum atomic E-state index is 12.9. The molecule has 0 heterocycles. The fraction of sp³-hybridized carbons (Fsp3) is 0.103. The molecule has 0 unspecified atom stereocenters. The van der Waals surface area contributed by atoms with Gasteiger partial charge in [-0.15, -0.1) is 0 Å². The highest BCUT2D eigenvalue weighted by Crippen LogP contribution is 2.32. The Bertz CT molecular complexity index is 1470. The molecule has 0 spiro atoms. The Morgan fingerprint density at radius 2 is 1.67 bits per heavy atom. The van der Waals surface area contributed by atoms with Gasteiger partial charge >= 0.3 is 0 Å². The quantitative estimate of drug-likeness (QED) is 0.192. The second-order valence-corrected chi connectivity index (χ2v) is 8.59. The molecule has 0 aliphatic heterocycles. The maximum absolute atomic E-state index is 12.9. The molecule has 0 aliphatic rings. The Hall–Kier alpha value is -3.98. The van der Waals surface area contributed by atoms with Gasteiger partial charge in [0.15, 0.2) is 11.5 Å². The predicted molar refractivity (Wildman–Crippen MR) is 145 cm³/mol. The summed E-state index contributed by atoms with van der Waals surface area (Å²) in [5.74, 6) is 0.463. The van der Waals surface area contributed by atoms with E-state index < -0.39 is 5.91 Å². The maximum Gasteiger partial charge on any atom is 0.266 e. The Balaban J connectivity index is 1.56. The van der Waals surface area contributed by atoms with Gasteiger partial charge in [0, 0.05) is 26.7 Å². The van der Waals surface area contributed by atoms with Crippen LogP contribution >= 0.6 is 23.2 Å². The van der Waals surface area contributed by atoms with Crippen molar-refractivity contribution in [3.05, 3.63) is 106 Å². The van der Waals surface area contributed by atoms with Gasteiger partial charge in [-0.1, -0.05) is 71.7 Å². The lowest BCUT2D eigenvalue weighted by Crippen LogP contribution is -2.13. The van der Waals surface area contributed by atoms with Crippen molar-refractivity contribution >= 4 is 51.6 Å². The summed E-state index contributed by atoms with van der Waals surface area (Å²) in [5, 5.41) is 15.4. The number of amides is 1. The molecular weight excluding hydrogens is 495 g/mol. The van der Waals surface area contributed by atoms with Gasteiger partial charge in [-0.3, -0.25) is 4.79 Å². The van der Waals surface area contributed by atoms with E-state index in [1.165, 1.54) is 6.08 Å². The van der Waals surface area contributed by atoms with Crippen LogP contribution in [0.3, 0.4) is 0 Å². The van der Waals surface area contributed by atoms with Gasteiger partial charge in [0.2, 0.25) is 0 Å². The van der Waals surface area contributed by atoms with Crippen molar-refractivity contribution in [3.8, 4) is 17.6 Å². The van der Waals surface area contributed by atoms with Crippen LogP contribution in [-0.4, -0.2) is 12.5 Å². The van der Waals surface area contributed by atoms with Crippen molar-refractivity contribution in [2.75, 3.05) is 11.9 Å². The van der Waals surface area contributed by atoms with Crippen molar-refractivity contribution in [2.45, 2.75) is 13.5 Å².